The first-order chi connectivity index (χ1) is 24.6. The van der Waals surface area contributed by atoms with E-state index in [0.29, 0.717) is 0 Å². The summed E-state index contributed by atoms with van der Waals surface area (Å²) in [6, 6.07) is 0. The van der Waals surface area contributed by atoms with Gasteiger partial charge in [-0.05, 0) is 0 Å². The molecule has 300 valence electrons. The molecule has 0 radical (unpaired) electrons. The van der Waals surface area contributed by atoms with E-state index in [1.165, 1.54) is 13.8 Å². The van der Waals surface area contributed by atoms with E-state index in [1.807, 2.05) is 0 Å². The van der Waals surface area contributed by atoms with E-state index in [4.69, 9.17) is 52.1 Å². The monoisotopic (exact) mass is 762 g/mol. The minimum atomic E-state index is -2.51. The minimum absolute atomic E-state index is 0.590. The van der Waals surface area contributed by atoms with Gasteiger partial charge in [0.15, 0.2) is 30.5 Å². The van der Waals surface area contributed by atoms with Crippen molar-refractivity contribution in [1.82, 2.24) is 0 Å². The Balaban J connectivity index is 2.85. The molecule has 0 unspecified atom stereocenters. The summed E-state index contributed by atoms with van der Waals surface area (Å²) in [5.74, 6) is -11.2. The highest BCUT2D eigenvalue weighted by Crippen LogP contribution is 2.41. The number of carbonyl (C=O) groups excluding carboxylic acids is 8. The molecular formula is C34H50O19. The zero-order valence-electron chi connectivity index (χ0n) is 31.7. The van der Waals surface area contributed by atoms with Gasteiger partial charge < -0.3 is 52.1 Å². The van der Waals surface area contributed by atoms with Gasteiger partial charge in [0, 0.05) is 34.6 Å². The van der Waals surface area contributed by atoms with Crippen molar-refractivity contribution in [1.29, 1.82) is 0 Å². The third-order valence-corrected chi connectivity index (χ3v) is 7.47. The van der Waals surface area contributed by atoms with Crippen molar-refractivity contribution in [3.8, 4) is 0 Å². The first-order valence-electron chi connectivity index (χ1n) is 17.0. The zero-order valence-corrected chi connectivity index (χ0v) is 31.7. The van der Waals surface area contributed by atoms with Crippen LogP contribution in [0.25, 0.3) is 0 Å². The molecule has 9 atom stereocenters. The highest BCUT2D eigenvalue weighted by molar-refractivity contribution is 5.73. The van der Waals surface area contributed by atoms with Gasteiger partial charge in [-0.25, -0.2) is 0 Å². The smallest absolute Gasteiger partial charge is 0.308 e. The lowest BCUT2D eigenvalue weighted by molar-refractivity contribution is -0.384. The van der Waals surface area contributed by atoms with Crippen molar-refractivity contribution < 1.29 is 90.5 Å². The van der Waals surface area contributed by atoms with E-state index in [0.717, 1.165) is 34.6 Å². The largest absolute Gasteiger partial charge is 0.463 e. The van der Waals surface area contributed by atoms with Crippen LogP contribution in [0.3, 0.4) is 0 Å². The summed E-state index contributed by atoms with van der Waals surface area (Å²) in [7, 11) is 0. The quantitative estimate of drug-likeness (QED) is 0.158. The van der Waals surface area contributed by atoms with Crippen LogP contribution in [0.5, 0.6) is 0 Å². The Bertz CT molecular complexity index is 1360. The van der Waals surface area contributed by atoms with E-state index in [9.17, 15) is 38.4 Å². The third-order valence-electron chi connectivity index (χ3n) is 7.47. The molecule has 0 aliphatic carbocycles. The number of esters is 8. The molecule has 0 amide bonds. The zero-order chi connectivity index (χ0) is 40.4. The van der Waals surface area contributed by atoms with Gasteiger partial charge >= 0.3 is 47.8 Å². The number of hydrogen-bond donors (Lipinski definition) is 0. The third kappa shape index (κ3) is 12.9. The lowest BCUT2D eigenvalue weighted by Crippen LogP contribution is -2.65. The molecular weight excluding hydrogens is 712 g/mol. The van der Waals surface area contributed by atoms with Crippen molar-refractivity contribution in [2.75, 3.05) is 19.8 Å². The van der Waals surface area contributed by atoms with E-state index in [2.05, 4.69) is 0 Å². The SMILES string of the molecule is CC(=O)O[C@@H]1[C@@H](OC(C)=O)[C@@H](O[C@]2(COC(=O)C(C)C)O[C@H](COC(=O)C(C)C)[C@@H](OC(C)=O)[C@@H]2OC(C)=O)O[C@H](COC(=O)C(C)C)[C@H]1OC(C)=O. The first kappa shape index (κ1) is 44.8. The summed E-state index contributed by atoms with van der Waals surface area (Å²) in [4.78, 5) is 100.0. The molecule has 0 bridgehead atoms. The predicted octanol–water partition coefficient (Wildman–Crippen LogP) is 1.08. The second-order valence-electron chi connectivity index (χ2n) is 13.3. The lowest BCUT2D eigenvalue weighted by Gasteiger charge is -2.46. The van der Waals surface area contributed by atoms with Crippen LogP contribution in [0.1, 0.15) is 76.2 Å². The number of rotatable bonds is 16. The fraction of sp³-hybridized carbons (Fsp3) is 0.765. The molecule has 2 rings (SSSR count). The molecule has 2 fully saturated rings. The van der Waals surface area contributed by atoms with Gasteiger partial charge in [0.25, 0.3) is 0 Å². The molecule has 0 spiro atoms. The number of hydrogen-bond acceptors (Lipinski definition) is 19. The lowest BCUT2D eigenvalue weighted by atomic mass is 9.97. The Morgan fingerprint density at radius 3 is 1.36 bits per heavy atom. The predicted molar refractivity (Wildman–Crippen MR) is 173 cm³/mol. The van der Waals surface area contributed by atoms with Crippen molar-refractivity contribution in [3.05, 3.63) is 0 Å². The Hall–Kier alpha value is -4.36. The van der Waals surface area contributed by atoms with E-state index in [1.54, 1.807) is 27.7 Å². The van der Waals surface area contributed by atoms with Gasteiger partial charge in [-0.2, -0.15) is 0 Å². The topological polar surface area (TPSA) is 238 Å². The summed E-state index contributed by atoms with van der Waals surface area (Å²) in [5.41, 5.74) is 0. The molecule has 2 aliphatic rings. The Kier molecular flexibility index (Phi) is 16.6. The van der Waals surface area contributed by atoms with Crippen molar-refractivity contribution >= 4 is 47.8 Å². The minimum Gasteiger partial charge on any atom is -0.463 e. The van der Waals surface area contributed by atoms with Gasteiger partial charge in [-0.15, -0.1) is 0 Å². The van der Waals surface area contributed by atoms with Crippen LogP contribution in [-0.2, 0) is 90.5 Å². The second-order valence-corrected chi connectivity index (χ2v) is 13.3. The van der Waals surface area contributed by atoms with Crippen LogP contribution < -0.4 is 0 Å². The molecule has 2 saturated heterocycles. The molecule has 0 saturated carbocycles. The molecule has 0 aromatic carbocycles. The average Bonchev–Trinajstić information content (AvgIpc) is 3.29. The van der Waals surface area contributed by atoms with Crippen molar-refractivity contribution in [2.24, 2.45) is 17.8 Å². The molecule has 0 N–H and O–H groups in total. The van der Waals surface area contributed by atoms with E-state index >= 15 is 0 Å². The molecule has 19 nitrogen and oxygen atoms in total. The summed E-state index contributed by atoms with van der Waals surface area (Å²) in [6.07, 6.45) is -13.3. The van der Waals surface area contributed by atoms with Crippen LogP contribution in [0.4, 0.5) is 0 Å². The van der Waals surface area contributed by atoms with Crippen LogP contribution >= 0.6 is 0 Å². The molecule has 0 aromatic rings. The second kappa shape index (κ2) is 19.6. The molecule has 53 heavy (non-hydrogen) atoms. The van der Waals surface area contributed by atoms with E-state index in [-0.39, 0.29) is 0 Å². The fourth-order valence-electron chi connectivity index (χ4n) is 5.16. The standard InChI is InChI=1S/C34H50O19/c1-15(2)30(40)43-12-23-25(46-18(7)35)27(48-20(9)37)28(49-21(10)38)33(51-23)53-34(14-45-32(42)17(5)6)29(50-22(11)39)26(47-19(8)36)24(52-34)13-44-31(41)16(3)4/h15-17,23-29,33H,12-14H2,1-11H3/t23-,24-,25-,26-,27+,28-,29+,33-,34+/m1/s1. The van der Waals surface area contributed by atoms with Gasteiger partial charge in [-0.3, -0.25) is 38.4 Å². The maximum absolute atomic E-state index is 12.8. The first-order valence-corrected chi connectivity index (χ1v) is 17.0. The van der Waals surface area contributed by atoms with Gasteiger partial charge in [0.2, 0.25) is 12.1 Å². The van der Waals surface area contributed by atoms with Gasteiger partial charge in [0.1, 0.15) is 32.0 Å². The normalized spacial score (nSPS) is 28.1. The van der Waals surface area contributed by atoms with Crippen molar-refractivity contribution in [2.45, 2.75) is 131 Å². The maximum Gasteiger partial charge on any atom is 0.308 e. The summed E-state index contributed by atoms with van der Waals surface area (Å²) in [5, 5.41) is 0. The van der Waals surface area contributed by atoms with Crippen LogP contribution in [0.15, 0.2) is 0 Å². The molecule has 19 heteroatoms. The highest BCUT2D eigenvalue weighted by atomic mass is 16.8. The molecule has 2 heterocycles. The Morgan fingerprint density at radius 2 is 0.906 bits per heavy atom. The fourth-order valence-corrected chi connectivity index (χ4v) is 5.16. The van der Waals surface area contributed by atoms with Crippen LogP contribution in [-0.4, -0.2) is 122 Å². The summed E-state index contributed by atoms with van der Waals surface area (Å²) in [6.45, 7) is 12.3. The summed E-state index contributed by atoms with van der Waals surface area (Å²) < 4.78 is 62.5. The number of carbonyl (C=O) groups is 8. The maximum atomic E-state index is 12.8. The summed E-state index contributed by atoms with van der Waals surface area (Å²) >= 11 is 0. The molecule has 0 aromatic heterocycles. The van der Waals surface area contributed by atoms with E-state index < -0.39 is 140 Å². The highest BCUT2D eigenvalue weighted by Gasteiger charge is 2.65. The molecule has 2 aliphatic heterocycles. The van der Waals surface area contributed by atoms with Gasteiger partial charge in [-0.1, -0.05) is 41.5 Å². The average molecular weight is 763 g/mol. The van der Waals surface area contributed by atoms with Crippen LogP contribution in [0.2, 0.25) is 0 Å². The van der Waals surface area contributed by atoms with Gasteiger partial charge in [0.05, 0.1) is 17.8 Å². The van der Waals surface area contributed by atoms with Crippen molar-refractivity contribution in [3.63, 3.8) is 0 Å². The van der Waals surface area contributed by atoms with Crippen LogP contribution in [0, 0.1) is 17.8 Å². The Labute approximate surface area is 306 Å². The Morgan fingerprint density at radius 1 is 0.509 bits per heavy atom. The number of ether oxygens (including phenoxy) is 11.